The van der Waals surface area contributed by atoms with Gasteiger partial charge in [0.15, 0.2) is 0 Å². The molecule has 0 saturated carbocycles. The van der Waals surface area contributed by atoms with Gasteiger partial charge in [-0.15, -0.1) is 11.3 Å². The Hall–Kier alpha value is -1.88. The van der Waals surface area contributed by atoms with Crippen molar-refractivity contribution in [3.63, 3.8) is 0 Å². The Labute approximate surface area is 134 Å². The summed E-state index contributed by atoms with van der Waals surface area (Å²) in [6.45, 7) is 2.26. The van der Waals surface area contributed by atoms with E-state index < -0.39 is 0 Å². The zero-order valence-electron chi connectivity index (χ0n) is 12.6. The van der Waals surface area contributed by atoms with Gasteiger partial charge in [0, 0.05) is 11.1 Å². The average Bonchev–Trinajstić information content (AvgIpc) is 2.93. The summed E-state index contributed by atoms with van der Waals surface area (Å²) < 4.78 is 0. The van der Waals surface area contributed by atoms with E-state index >= 15 is 0 Å². The summed E-state index contributed by atoms with van der Waals surface area (Å²) >= 11 is 1.76. The molecule has 1 amide bonds. The summed E-state index contributed by atoms with van der Waals surface area (Å²) in [6.07, 6.45) is 6.09. The van der Waals surface area contributed by atoms with E-state index in [-0.39, 0.29) is 12.1 Å². The highest BCUT2D eigenvalue weighted by Gasteiger charge is 2.33. The van der Waals surface area contributed by atoms with Gasteiger partial charge in [-0.25, -0.2) is 0 Å². The van der Waals surface area contributed by atoms with Crippen LogP contribution in [0.25, 0.3) is 0 Å². The van der Waals surface area contributed by atoms with E-state index in [9.17, 15) is 4.79 Å². The molecule has 4 rings (SSSR count). The molecule has 0 spiro atoms. The van der Waals surface area contributed by atoms with E-state index in [1.54, 1.807) is 17.5 Å². The monoisotopic (exact) mass is 313 g/mol. The summed E-state index contributed by atoms with van der Waals surface area (Å²) in [5, 5.41) is 7.52. The van der Waals surface area contributed by atoms with E-state index in [4.69, 9.17) is 0 Å². The number of hydrogen-bond donors (Lipinski definition) is 2. The van der Waals surface area contributed by atoms with E-state index in [0.29, 0.717) is 0 Å². The molecule has 114 valence electrons. The maximum absolute atomic E-state index is 12.6. The lowest BCUT2D eigenvalue weighted by atomic mass is 9.85. The van der Waals surface area contributed by atoms with E-state index in [1.807, 2.05) is 18.2 Å². The van der Waals surface area contributed by atoms with Crippen LogP contribution in [0, 0.1) is 5.92 Å². The number of aromatic nitrogens is 1. The zero-order valence-corrected chi connectivity index (χ0v) is 13.4. The molecular formula is C17H19N3OS. The number of carbonyl (C=O) groups excluding carboxylic acids is 1. The van der Waals surface area contributed by atoms with Gasteiger partial charge in [-0.1, -0.05) is 19.4 Å². The van der Waals surface area contributed by atoms with E-state index in [1.165, 1.54) is 23.3 Å². The summed E-state index contributed by atoms with van der Waals surface area (Å²) in [5.74, 6) is 0.805. The van der Waals surface area contributed by atoms with E-state index in [0.717, 1.165) is 35.0 Å². The fraction of sp³-hybridized carbons (Fsp3) is 0.412. The average molecular weight is 313 g/mol. The highest BCUT2D eigenvalue weighted by Crippen LogP contribution is 2.42. The zero-order chi connectivity index (χ0) is 15.1. The summed E-state index contributed by atoms with van der Waals surface area (Å²) in [6, 6.07) is 5.76. The molecule has 0 bridgehead atoms. The lowest BCUT2D eigenvalue weighted by Crippen LogP contribution is -2.38. The molecule has 1 aliphatic carbocycles. The molecule has 3 heterocycles. The van der Waals surface area contributed by atoms with Crippen molar-refractivity contribution in [3.05, 3.63) is 46.1 Å². The van der Waals surface area contributed by atoms with Gasteiger partial charge in [0.1, 0.15) is 11.2 Å². The largest absolute Gasteiger partial charge is 0.351 e. The third-order valence-corrected chi connectivity index (χ3v) is 5.89. The van der Waals surface area contributed by atoms with Crippen LogP contribution in [0.3, 0.4) is 0 Å². The number of amides is 1. The van der Waals surface area contributed by atoms with Crippen molar-refractivity contribution in [2.75, 3.05) is 5.32 Å². The highest BCUT2D eigenvalue weighted by atomic mass is 32.1. The fourth-order valence-electron chi connectivity index (χ4n) is 3.41. The van der Waals surface area contributed by atoms with Gasteiger partial charge >= 0.3 is 0 Å². The molecular weight excluding hydrogens is 294 g/mol. The second kappa shape index (κ2) is 5.39. The predicted molar refractivity (Wildman–Crippen MR) is 88.2 cm³/mol. The van der Waals surface area contributed by atoms with Crippen molar-refractivity contribution in [3.8, 4) is 0 Å². The topological polar surface area (TPSA) is 54.0 Å². The van der Waals surface area contributed by atoms with Crippen LogP contribution in [-0.2, 0) is 12.8 Å². The maximum Gasteiger partial charge on any atom is 0.256 e. The van der Waals surface area contributed by atoms with Crippen molar-refractivity contribution in [2.24, 2.45) is 5.92 Å². The van der Waals surface area contributed by atoms with Crippen LogP contribution in [0.15, 0.2) is 24.4 Å². The number of anilines is 1. The third kappa shape index (κ3) is 2.20. The number of pyridine rings is 1. The van der Waals surface area contributed by atoms with Gasteiger partial charge in [-0.3, -0.25) is 9.78 Å². The molecule has 4 nitrogen and oxygen atoms in total. The minimum absolute atomic E-state index is 0.0388. The first kappa shape index (κ1) is 13.8. The Morgan fingerprint density at radius 1 is 1.36 bits per heavy atom. The first-order valence-electron chi connectivity index (χ1n) is 7.89. The lowest BCUT2D eigenvalue weighted by molar-refractivity contribution is 0.0934. The molecule has 2 unspecified atom stereocenters. The number of carbonyl (C=O) groups is 1. The molecule has 2 N–H and O–H groups in total. The molecule has 22 heavy (non-hydrogen) atoms. The Balaban J connectivity index is 1.68. The maximum atomic E-state index is 12.6. The summed E-state index contributed by atoms with van der Waals surface area (Å²) in [4.78, 5) is 18.3. The molecule has 0 aromatic carbocycles. The minimum Gasteiger partial charge on any atom is -0.351 e. The van der Waals surface area contributed by atoms with Crippen molar-refractivity contribution < 1.29 is 4.79 Å². The normalized spacial score (nSPS) is 23.2. The number of nitrogens with zero attached hydrogens (tertiary/aromatic N) is 1. The molecule has 1 aliphatic heterocycles. The molecule has 2 aliphatic rings. The Kier molecular flexibility index (Phi) is 3.37. The smallest absolute Gasteiger partial charge is 0.256 e. The molecule has 5 heteroatoms. The molecule has 0 radical (unpaired) electrons. The van der Waals surface area contributed by atoms with Crippen LogP contribution >= 0.6 is 11.3 Å². The predicted octanol–water partition coefficient (Wildman–Crippen LogP) is 3.51. The lowest BCUT2D eigenvalue weighted by Gasteiger charge is -2.26. The Morgan fingerprint density at radius 3 is 3.05 bits per heavy atom. The van der Waals surface area contributed by atoms with Gasteiger partial charge in [-0.2, -0.15) is 0 Å². The van der Waals surface area contributed by atoms with Crippen LogP contribution in [0.2, 0.25) is 0 Å². The Morgan fingerprint density at radius 2 is 2.27 bits per heavy atom. The first-order valence-corrected chi connectivity index (χ1v) is 8.70. The van der Waals surface area contributed by atoms with Crippen LogP contribution < -0.4 is 10.6 Å². The van der Waals surface area contributed by atoms with Crippen LogP contribution in [0.5, 0.6) is 0 Å². The number of thiophene rings is 1. The van der Waals surface area contributed by atoms with Gasteiger partial charge in [0.2, 0.25) is 0 Å². The molecule has 0 saturated heterocycles. The fourth-order valence-corrected chi connectivity index (χ4v) is 4.80. The second-order valence-corrected chi connectivity index (χ2v) is 7.14. The van der Waals surface area contributed by atoms with Crippen LogP contribution in [0.1, 0.15) is 52.4 Å². The van der Waals surface area contributed by atoms with E-state index in [2.05, 4.69) is 22.5 Å². The summed E-state index contributed by atoms with van der Waals surface area (Å²) in [7, 11) is 0. The molecule has 2 aromatic rings. The number of hydrogen-bond acceptors (Lipinski definition) is 4. The quantitative estimate of drug-likeness (QED) is 0.892. The van der Waals surface area contributed by atoms with Crippen molar-refractivity contribution in [2.45, 2.75) is 38.8 Å². The van der Waals surface area contributed by atoms with Crippen LogP contribution in [0.4, 0.5) is 5.00 Å². The first-order chi connectivity index (χ1) is 10.8. The minimum atomic E-state index is -0.233. The van der Waals surface area contributed by atoms with Gasteiger partial charge in [0.25, 0.3) is 5.91 Å². The Bertz CT molecular complexity index is 710. The van der Waals surface area contributed by atoms with Gasteiger partial charge < -0.3 is 10.6 Å². The molecule has 2 aromatic heterocycles. The molecule has 0 fully saturated rings. The van der Waals surface area contributed by atoms with Gasteiger partial charge in [0.05, 0.1) is 11.3 Å². The van der Waals surface area contributed by atoms with Gasteiger partial charge in [-0.05, 0) is 42.9 Å². The number of nitrogens with one attached hydrogen (secondary N) is 2. The number of fused-ring (bicyclic) bond motifs is 3. The SMILES string of the molecule is CCC1CCc2c(sc3c2C(=O)NC(c2ccccn2)N3)C1. The highest BCUT2D eigenvalue weighted by molar-refractivity contribution is 7.16. The van der Waals surface area contributed by atoms with Crippen molar-refractivity contribution in [1.82, 2.24) is 10.3 Å². The number of rotatable bonds is 2. The van der Waals surface area contributed by atoms with Crippen molar-refractivity contribution in [1.29, 1.82) is 0 Å². The van der Waals surface area contributed by atoms with Crippen molar-refractivity contribution >= 4 is 22.2 Å². The summed E-state index contributed by atoms with van der Waals surface area (Å²) in [5.41, 5.74) is 3.00. The van der Waals surface area contributed by atoms with Crippen LogP contribution in [-0.4, -0.2) is 10.9 Å². The second-order valence-electron chi connectivity index (χ2n) is 6.03. The molecule has 2 atom stereocenters. The standard InChI is InChI=1S/C17H19N3OS/c1-2-10-6-7-11-13(9-10)22-17-14(11)16(21)19-15(20-17)12-5-3-4-8-18-12/h3-5,8,10,15,20H,2,6-7,9H2,1H3,(H,19,21). The third-order valence-electron chi connectivity index (χ3n) is 4.71.